The molecule has 0 amide bonds. The Morgan fingerprint density at radius 2 is 1.02 bits per heavy atom. The van der Waals surface area contributed by atoms with Gasteiger partial charge in [-0.15, -0.1) is 0 Å². The first-order valence-corrected chi connectivity index (χ1v) is 17.2. The van der Waals surface area contributed by atoms with Gasteiger partial charge in [-0.1, -0.05) is 153 Å². The summed E-state index contributed by atoms with van der Waals surface area (Å²) >= 11 is 0. The summed E-state index contributed by atoms with van der Waals surface area (Å²) < 4.78 is 0. The summed E-state index contributed by atoms with van der Waals surface area (Å²) in [6.45, 7) is 2.24. The Hall–Kier alpha value is -6.39. The van der Waals surface area contributed by atoms with Crippen LogP contribution in [-0.2, 0) is 0 Å². The first kappa shape index (κ1) is 29.7. The number of rotatable bonds is 5. The van der Waals surface area contributed by atoms with Crippen LogP contribution < -0.4 is 4.90 Å². The number of fused-ring (bicyclic) bond motifs is 5. The second kappa shape index (κ2) is 12.6. The number of hydrogen-bond acceptors (Lipinski definition) is 4. The van der Waals surface area contributed by atoms with Crippen LogP contribution in [0.5, 0.6) is 0 Å². The molecule has 9 rings (SSSR count). The second-order valence-corrected chi connectivity index (χ2v) is 12.9. The third-order valence-electron chi connectivity index (χ3n) is 9.76. The molecule has 0 fully saturated rings. The van der Waals surface area contributed by atoms with E-state index in [2.05, 4.69) is 151 Å². The van der Waals surface area contributed by atoms with Crippen LogP contribution in [0.1, 0.15) is 24.2 Å². The molecule has 1 aliphatic heterocycles. The fourth-order valence-corrected chi connectivity index (χ4v) is 7.21. The Balaban J connectivity index is 1.19. The molecule has 7 aromatic rings. The zero-order valence-electron chi connectivity index (χ0n) is 27.7. The smallest absolute Gasteiger partial charge is 0.163 e. The van der Waals surface area contributed by atoms with Gasteiger partial charge in [0.25, 0.3) is 0 Å². The first-order valence-electron chi connectivity index (χ1n) is 17.2. The molecule has 2 atom stereocenters. The number of hydrogen-bond donors (Lipinski definition) is 0. The largest absolute Gasteiger partial charge is 0.309 e. The van der Waals surface area contributed by atoms with Crippen LogP contribution in [-0.4, -0.2) is 15.0 Å². The molecule has 0 N–H and O–H groups in total. The number of benzene rings is 6. The van der Waals surface area contributed by atoms with Crippen molar-refractivity contribution in [3.63, 3.8) is 0 Å². The lowest BCUT2D eigenvalue weighted by molar-refractivity contribution is 0.602. The highest BCUT2D eigenvalue weighted by atomic mass is 15.1. The third-order valence-corrected chi connectivity index (χ3v) is 9.76. The fourth-order valence-electron chi connectivity index (χ4n) is 7.21. The molecule has 0 spiro atoms. The molecule has 0 saturated carbocycles. The maximum Gasteiger partial charge on any atom is 0.163 e. The maximum absolute atomic E-state index is 5.10. The highest BCUT2D eigenvalue weighted by molar-refractivity contribution is 6.03. The molecular weight excluding hydrogens is 609 g/mol. The van der Waals surface area contributed by atoms with Crippen molar-refractivity contribution in [1.82, 2.24) is 15.0 Å². The quantitative estimate of drug-likeness (QED) is 0.187. The van der Waals surface area contributed by atoms with Gasteiger partial charge in [-0.25, -0.2) is 15.0 Å². The minimum absolute atomic E-state index is 0.0286. The predicted molar refractivity (Wildman–Crippen MR) is 205 cm³/mol. The molecular formula is C46H34N4. The summed E-state index contributed by atoms with van der Waals surface area (Å²) in [5.74, 6) is 2.33. The molecule has 0 saturated heterocycles. The molecule has 238 valence electrons. The van der Waals surface area contributed by atoms with Crippen LogP contribution in [0.25, 0.3) is 50.6 Å². The minimum Gasteiger partial charge on any atom is -0.309 e. The summed E-state index contributed by atoms with van der Waals surface area (Å²) in [6, 6.07) is 55.4. The van der Waals surface area contributed by atoms with E-state index in [9.17, 15) is 0 Å². The van der Waals surface area contributed by atoms with Crippen molar-refractivity contribution < 1.29 is 0 Å². The molecule has 2 aliphatic rings. The minimum atomic E-state index is -0.0286. The van der Waals surface area contributed by atoms with Gasteiger partial charge in [0.05, 0.1) is 11.4 Å². The molecule has 1 aliphatic carbocycles. The summed E-state index contributed by atoms with van der Waals surface area (Å²) in [4.78, 5) is 17.5. The van der Waals surface area contributed by atoms with Gasteiger partial charge in [0.2, 0.25) is 0 Å². The average molecular weight is 643 g/mol. The Bertz CT molecular complexity index is 2340. The maximum atomic E-state index is 5.10. The zero-order chi connectivity index (χ0) is 33.4. The van der Waals surface area contributed by atoms with E-state index in [1.54, 1.807) is 0 Å². The van der Waals surface area contributed by atoms with Crippen LogP contribution in [0.3, 0.4) is 0 Å². The lowest BCUT2D eigenvalue weighted by Gasteiger charge is -2.28. The topological polar surface area (TPSA) is 41.9 Å². The SMILES string of the molecule is CC1C=CC(c2ccc3c(c2)-c2ccccc2-c2ccccc2N3c2ccccc2)=CC1c1nc(-c2ccccc2)nc(-c2ccccc2)n1. The summed E-state index contributed by atoms with van der Waals surface area (Å²) in [5, 5.41) is 0. The van der Waals surface area contributed by atoms with E-state index in [0.717, 1.165) is 39.5 Å². The Morgan fingerprint density at radius 1 is 0.480 bits per heavy atom. The number of aromatic nitrogens is 3. The fraction of sp³-hybridized carbons (Fsp3) is 0.0652. The Kier molecular flexibility index (Phi) is 7.47. The second-order valence-electron chi connectivity index (χ2n) is 12.9. The number of allylic oxidation sites excluding steroid dienone is 4. The van der Waals surface area contributed by atoms with Gasteiger partial charge >= 0.3 is 0 Å². The third kappa shape index (κ3) is 5.32. The summed E-state index contributed by atoms with van der Waals surface area (Å²) in [6.07, 6.45) is 6.89. The van der Waals surface area contributed by atoms with E-state index in [4.69, 9.17) is 15.0 Å². The average Bonchev–Trinajstić information content (AvgIpc) is 3.31. The van der Waals surface area contributed by atoms with Gasteiger partial charge in [0.15, 0.2) is 11.6 Å². The Morgan fingerprint density at radius 3 is 1.68 bits per heavy atom. The van der Waals surface area contributed by atoms with E-state index in [-0.39, 0.29) is 11.8 Å². The van der Waals surface area contributed by atoms with Crippen molar-refractivity contribution >= 4 is 22.6 Å². The highest BCUT2D eigenvalue weighted by Crippen LogP contribution is 2.51. The van der Waals surface area contributed by atoms with E-state index < -0.39 is 0 Å². The van der Waals surface area contributed by atoms with Crippen LogP contribution in [0.4, 0.5) is 17.1 Å². The van der Waals surface area contributed by atoms with Crippen molar-refractivity contribution in [3.05, 3.63) is 187 Å². The molecule has 6 aromatic carbocycles. The van der Waals surface area contributed by atoms with E-state index in [1.165, 1.54) is 27.9 Å². The van der Waals surface area contributed by atoms with Gasteiger partial charge in [0, 0.05) is 33.9 Å². The molecule has 0 bridgehead atoms. The van der Waals surface area contributed by atoms with Crippen LogP contribution in [0, 0.1) is 5.92 Å². The van der Waals surface area contributed by atoms with Crippen molar-refractivity contribution in [1.29, 1.82) is 0 Å². The molecule has 2 unspecified atom stereocenters. The van der Waals surface area contributed by atoms with Gasteiger partial charge < -0.3 is 4.90 Å². The van der Waals surface area contributed by atoms with Gasteiger partial charge in [-0.3, -0.25) is 0 Å². The number of nitrogens with zero attached hydrogens (tertiary/aromatic N) is 4. The van der Waals surface area contributed by atoms with E-state index in [0.29, 0.717) is 11.6 Å². The molecule has 2 heterocycles. The lowest BCUT2D eigenvalue weighted by atomic mass is 9.83. The molecule has 1 aromatic heterocycles. The number of para-hydroxylation sites is 2. The normalized spacial score (nSPS) is 16.1. The predicted octanol–water partition coefficient (Wildman–Crippen LogP) is 11.7. The van der Waals surface area contributed by atoms with Crippen molar-refractivity contribution in [2.45, 2.75) is 12.8 Å². The van der Waals surface area contributed by atoms with E-state index in [1.807, 2.05) is 36.4 Å². The van der Waals surface area contributed by atoms with Gasteiger partial charge in [-0.05, 0) is 58.5 Å². The van der Waals surface area contributed by atoms with E-state index >= 15 is 0 Å². The molecule has 4 nitrogen and oxygen atoms in total. The van der Waals surface area contributed by atoms with Gasteiger partial charge in [0.1, 0.15) is 5.82 Å². The van der Waals surface area contributed by atoms with Crippen LogP contribution >= 0.6 is 0 Å². The van der Waals surface area contributed by atoms with Crippen LogP contribution in [0.15, 0.2) is 176 Å². The lowest BCUT2D eigenvalue weighted by Crippen LogP contribution is -2.15. The summed E-state index contributed by atoms with van der Waals surface area (Å²) in [5.41, 5.74) is 12.6. The van der Waals surface area contributed by atoms with Gasteiger partial charge in [-0.2, -0.15) is 0 Å². The van der Waals surface area contributed by atoms with Crippen LogP contribution in [0.2, 0.25) is 0 Å². The van der Waals surface area contributed by atoms with Crippen molar-refractivity contribution in [3.8, 4) is 45.0 Å². The molecule has 4 heteroatoms. The summed E-state index contributed by atoms with van der Waals surface area (Å²) in [7, 11) is 0. The zero-order valence-corrected chi connectivity index (χ0v) is 27.7. The van der Waals surface area contributed by atoms with Crippen molar-refractivity contribution in [2.75, 3.05) is 4.90 Å². The first-order chi connectivity index (χ1) is 24.7. The van der Waals surface area contributed by atoms with Crippen molar-refractivity contribution in [2.24, 2.45) is 5.92 Å². The molecule has 0 radical (unpaired) electrons. The monoisotopic (exact) mass is 642 g/mol. The molecule has 50 heavy (non-hydrogen) atoms. The highest BCUT2D eigenvalue weighted by Gasteiger charge is 2.28. The number of anilines is 3. The Labute approximate surface area is 292 Å². The standard InChI is InChI=1S/C46H34N4/c1-31-25-26-34(29-40(31)46-48-44(32-15-5-2-6-16-32)47-45(49-46)33-17-7-3-8-18-33)35-27-28-43-41(30-35)38-22-12-11-21-37(38)39-23-13-14-24-42(39)50(43)36-19-9-4-10-20-36/h2-31,40H,1H3.